The van der Waals surface area contributed by atoms with Crippen LogP contribution in [0.1, 0.15) is 19.4 Å². The van der Waals surface area contributed by atoms with Gasteiger partial charge in [0, 0.05) is 18.0 Å². The number of rotatable bonds is 3. The molecule has 3 nitrogen and oxygen atoms in total. The molecular formula is C12H17N3. The molecule has 1 atom stereocenters. The minimum absolute atomic E-state index is 0.191. The zero-order valence-corrected chi connectivity index (χ0v) is 9.27. The molecule has 0 aliphatic heterocycles. The Kier molecular flexibility index (Phi) is 2.73. The topological polar surface area (TPSA) is 43.8 Å². The lowest BCUT2D eigenvalue weighted by Gasteiger charge is -2.08. The van der Waals surface area contributed by atoms with Gasteiger partial charge in [-0.2, -0.15) is 5.10 Å². The summed E-state index contributed by atoms with van der Waals surface area (Å²) in [6.45, 7) is 5.04. The number of nitrogens with zero attached hydrogens (tertiary/aromatic N) is 2. The normalized spacial score (nSPS) is 13.3. The fraction of sp³-hybridized carbons (Fsp3) is 0.417. The van der Waals surface area contributed by atoms with Crippen molar-refractivity contribution in [2.24, 2.45) is 5.73 Å². The molecule has 0 spiro atoms. The summed E-state index contributed by atoms with van der Waals surface area (Å²) in [5.74, 6) is 0. The summed E-state index contributed by atoms with van der Waals surface area (Å²) in [4.78, 5) is 0. The molecule has 1 aromatic carbocycles. The summed E-state index contributed by atoms with van der Waals surface area (Å²) in [5, 5.41) is 5.56. The lowest BCUT2D eigenvalue weighted by Crippen LogP contribution is -2.18. The van der Waals surface area contributed by atoms with Gasteiger partial charge in [0.15, 0.2) is 0 Å². The molecule has 1 unspecified atom stereocenters. The smallest absolute Gasteiger partial charge is 0.0714 e. The summed E-state index contributed by atoms with van der Waals surface area (Å²) in [6, 6.07) is 6.50. The van der Waals surface area contributed by atoms with E-state index in [9.17, 15) is 0 Å². The average molecular weight is 203 g/mol. The third-order valence-electron chi connectivity index (χ3n) is 2.59. The van der Waals surface area contributed by atoms with Crippen LogP contribution in [0.4, 0.5) is 0 Å². The number of hydrogen-bond donors (Lipinski definition) is 1. The van der Waals surface area contributed by atoms with Crippen molar-refractivity contribution >= 4 is 10.9 Å². The van der Waals surface area contributed by atoms with Crippen molar-refractivity contribution in [3.8, 4) is 0 Å². The van der Waals surface area contributed by atoms with Crippen molar-refractivity contribution < 1.29 is 0 Å². The van der Waals surface area contributed by atoms with Crippen LogP contribution < -0.4 is 5.73 Å². The molecule has 0 saturated heterocycles. The van der Waals surface area contributed by atoms with Crippen molar-refractivity contribution in [1.29, 1.82) is 0 Å². The second kappa shape index (κ2) is 4.03. The maximum absolute atomic E-state index is 5.85. The highest BCUT2D eigenvalue weighted by Gasteiger charge is 2.07. The maximum atomic E-state index is 5.85. The van der Waals surface area contributed by atoms with Crippen LogP contribution in [-0.4, -0.2) is 15.8 Å². The van der Waals surface area contributed by atoms with E-state index in [-0.39, 0.29) is 6.04 Å². The van der Waals surface area contributed by atoms with Crippen LogP contribution in [-0.2, 0) is 13.0 Å². The van der Waals surface area contributed by atoms with Crippen LogP contribution in [0, 0.1) is 0 Å². The van der Waals surface area contributed by atoms with E-state index in [2.05, 4.69) is 30.2 Å². The zero-order valence-electron chi connectivity index (χ0n) is 9.27. The van der Waals surface area contributed by atoms with E-state index in [0.717, 1.165) is 13.0 Å². The highest BCUT2D eigenvalue weighted by atomic mass is 15.3. The zero-order chi connectivity index (χ0) is 10.8. The molecule has 0 amide bonds. The molecule has 0 radical (unpaired) electrons. The highest BCUT2D eigenvalue weighted by molar-refractivity contribution is 5.82. The van der Waals surface area contributed by atoms with Gasteiger partial charge in [0.25, 0.3) is 0 Å². The van der Waals surface area contributed by atoms with E-state index in [4.69, 9.17) is 5.73 Å². The molecule has 3 heteroatoms. The molecule has 1 heterocycles. The SMILES string of the molecule is CCn1ncc2cccc(CC(C)N)c21. The number of aromatic nitrogens is 2. The van der Waals surface area contributed by atoms with Crippen molar-refractivity contribution in [1.82, 2.24) is 9.78 Å². The molecule has 2 rings (SSSR count). The van der Waals surface area contributed by atoms with Gasteiger partial charge in [0.1, 0.15) is 0 Å². The first kappa shape index (κ1) is 10.2. The Morgan fingerprint density at radius 2 is 2.27 bits per heavy atom. The van der Waals surface area contributed by atoms with Crippen LogP contribution in [0.2, 0.25) is 0 Å². The summed E-state index contributed by atoms with van der Waals surface area (Å²) in [5.41, 5.74) is 8.37. The second-order valence-electron chi connectivity index (χ2n) is 4.00. The largest absolute Gasteiger partial charge is 0.328 e. The van der Waals surface area contributed by atoms with Crippen LogP contribution in [0.3, 0.4) is 0 Å². The molecule has 0 saturated carbocycles. The molecule has 80 valence electrons. The van der Waals surface area contributed by atoms with Gasteiger partial charge in [-0.15, -0.1) is 0 Å². The first-order chi connectivity index (χ1) is 7.22. The number of hydrogen-bond acceptors (Lipinski definition) is 2. The van der Waals surface area contributed by atoms with E-state index >= 15 is 0 Å². The Labute approximate surface area is 89.9 Å². The molecule has 1 aromatic heterocycles. The number of para-hydroxylation sites is 1. The average Bonchev–Trinajstić information content (AvgIpc) is 2.61. The Bertz CT molecular complexity index is 457. The molecule has 0 bridgehead atoms. The summed E-state index contributed by atoms with van der Waals surface area (Å²) in [7, 11) is 0. The fourth-order valence-corrected chi connectivity index (χ4v) is 1.97. The van der Waals surface area contributed by atoms with Gasteiger partial charge in [0.2, 0.25) is 0 Å². The first-order valence-corrected chi connectivity index (χ1v) is 5.41. The Hall–Kier alpha value is -1.35. The quantitative estimate of drug-likeness (QED) is 0.828. The molecular weight excluding hydrogens is 186 g/mol. The number of aryl methyl sites for hydroxylation is 1. The lowest BCUT2D eigenvalue weighted by atomic mass is 10.0. The predicted octanol–water partition coefficient (Wildman–Crippen LogP) is 1.95. The van der Waals surface area contributed by atoms with E-state index in [0.29, 0.717) is 0 Å². The Balaban J connectivity index is 2.56. The van der Waals surface area contributed by atoms with Gasteiger partial charge in [0.05, 0.1) is 11.7 Å². The predicted molar refractivity (Wildman–Crippen MR) is 62.8 cm³/mol. The monoisotopic (exact) mass is 203 g/mol. The van der Waals surface area contributed by atoms with Crippen molar-refractivity contribution in [3.05, 3.63) is 30.0 Å². The van der Waals surface area contributed by atoms with Crippen LogP contribution in [0.5, 0.6) is 0 Å². The first-order valence-electron chi connectivity index (χ1n) is 5.41. The molecule has 2 aromatic rings. The molecule has 0 aliphatic carbocycles. The third kappa shape index (κ3) is 1.88. The lowest BCUT2D eigenvalue weighted by molar-refractivity contribution is 0.674. The van der Waals surface area contributed by atoms with Gasteiger partial charge in [-0.1, -0.05) is 18.2 Å². The highest BCUT2D eigenvalue weighted by Crippen LogP contribution is 2.19. The number of fused-ring (bicyclic) bond motifs is 1. The molecule has 0 fully saturated rings. The fourth-order valence-electron chi connectivity index (χ4n) is 1.97. The minimum atomic E-state index is 0.191. The molecule has 2 N–H and O–H groups in total. The summed E-state index contributed by atoms with van der Waals surface area (Å²) in [6.07, 6.45) is 2.83. The van der Waals surface area contributed by atoms with Gasteiger partial charge in [-0.05, 0) is 25.8 Å². The van der Waals surface area contributed by atoms with Crippen molar-refractivity contribution in [2.45, 2.75) is 32.9 Å². The number of benzene rings is 1. The van der Waals surface area contributed by atoms with Crippen LogP contribution in [0.15, 0.2) is 24.4 Å². The van der Waals surface area contributed by atoms with E-state index in [1.807, 2.05) is 17.8 Å². The van der Waals surface area contributed by atoms with Crippen LogP contribution >= 0.6 is 0 Å². The standard InChI is InChI=1S/C12H17N3/c1-3-15-12-10(7-9(2)13)5-4-6-11(12)8-14-15/h4-6,8-9H,3,7,13H2,1-2H3. The molecule has 0 aliphatic rings. The van der Waals surface area contributed by atoms with E-state index in [1.165, 1.54) is 16.5 Å². The van der Waals surface area contributed by atoms with Gasteiger partial charge in [-0.3, -0.25) is 4.68 Å². The summed E-state index contributed by atoms with van der Waals surface area (Å²) >= 11 is 0. The van der Waals surface area contributed by atoms with Gasteiger partial charge < -0.3 is 5.73 Å². The van der Waals surface area contributed by atoms with Crippen LogP contribution in [0.25, 0.3) is 10.9 Å². The second-order valence-corrected chi connectivity index (χ2v) is 4.00. The van der Waals surface area contributed by atoms with Gasteiger partial charge >= 0.3 is 0 Å². The minimum Gasteiger partial charge on any atom is -0.328 e. The van der Waals surface area contributed by atoms with Crippen molar-refractivity contribution in [3.63, 3.8) is 0 Å². The number of nitrogens with two attached hydrogens (primary N) is 1. The van der Waals surface area contributed by atoms with E-state index in [1.54, 1.807) is 0 Å². The molecule has 15 heavy (non-hydrogen) atoms. The maximum Gasteiger partial charge on any atom is 0.0714 e. The summed E-state index contributed by atoms with van der Waals surface area (Å²) < 4.78 is 2.03. The van der Waals surface area contributed by atoms with Crippen molar-refractivity contribution in [2.75, 3.05) is 0 Å². The Morgan fingerprint density at radius 3 is 2.93 bits per heavy atom. The Morgan fingerprint density at radius 1 is 1.47 bits per heavy atom. The third-order valence-corrected chi connectivity index (χ3v) is 2.59. The van der Waals surface area contributed by atoms with Gasteiger partial charge in [-0.25, -0.2) is 0 Å². The van der Waals surface area contributed by atoms with E-state index < -0.39 is 0 Å².